The zero-order valence-electron chi connectivity index (χ0n) is 13.4. The number of ether oxygens (including phenoxy) is 1. The van der Waals surface area contributed by atoms with Gasteiger partial charge < -0.3 is 14.6 Å². The summed E-state index contributed by atoms with van der Waals surface area (Å²) in [6.07, 6.45) is 2.09. The molecular formula is C17H24N2O2. The van der Waals surface area contributed by atoms with Crippen LogP contribution in [0.1, 0.15) is 34.6 Å². The van der Waals surface area contributed by atoms with Crippen molar-refractivity contribution in [2.24, 2.45) is 0 Å². The van der Waals surface area contributed by atoms with Crippen molar-refractivity contribution in [1.82, 2.24) is 9.88 Å². The monoisotopic (exact) mass is 288 g/mol. The highest BCUT2D eigenvalue weighted by Crippen LogP contribution is 2.22. The molecule has 0 aliphatic rings. The molecule has 0 saturated carbocycles. The fourth-order valence-corrected chi connectivity index (χ4v) is 2.27. The fourth-order valence-electron chi connectivity index (χ4n) is 2.27. The molecule has 1 aromatic carbocycles. The Bertz CT molecular complexity index is 636. The molecule has 4 nitrogen and oxygen atoms in total. The summed E-state index contributed by atoms with van der Waals surface area (Å²) in [5.41, 5.74) is 0.827. The van der Waals surface area contributed by atoms with Gasteiger partial charge in [0, 0.05) is 22.6 Å². The van der Waals surface area contributed by atoms with Gasteiger partial charge in [-0.25, -0.2) is 0 Å². The van der Waals surface area contributed by atoms with Crippen LogP contribution in [0.4, 0.5) is 0 Å². The highest BCUT2D eigenvalue weighted by molar-refractivity contribution is 5.84. The van der Waals surface area contributed by atoms with Gasteiger partial charge in [0.05, 0.1) is 6.10 Å². The van der Waals surface area contributed by atoms with Crippen LogP contribution >= 0.6 is 0 Å². The summed E-state index contributed by atoms with van der Waals surface area (Å²) in [5.74, 6) is 0.872. The summed E-state index contributed by atoms with van der Waals surface area (Å²) in [6.45, 7) is 10.3. The van der Waals surface area contributed by atoms with Crippen molar-refractivity contribution in [3.8, 4) is 5.75 Å². The summed E-state index contributed by atoms with van der Waals surface area (Å²) in [4.78, 5) is 12.0. The number of nitrogens with one attached hydrogen (secondary N) is 1. The Balaban J connectivity index is 2.17. The molecule has 0 atom stereocenters. The Morgan fingerprint density at radius 1 is 1.29 bits per heavy atom. The zero-order chi connectivity index (χ0) is 15.6. The van der Waals surface area contributed by atoms with Crippen LogP contribution in [0.25, 0.3) is 10.9 Å². The first kappa shape index (κ1) is 15.4. The Labute approximate surface area is 126 Å². The molecule has 4 heteroatoms. The average Bonchev–Trinajstić information content (AvgIpc) is 2.68. The van der Waals surface area contributed by atoms with E-state index < -0.39 is 0 Å². The summed E-state index contributed by atoms with van der Waals surface area (Å²) >= 11 is 0. The SMILES string of the molecule is CC(C)Oc1ccc2c(ccn2CC(=O)NC(C)(C)C)c1. The molecule has 1 heterocycles. The zero-order valence-corrected chi connectivity index (χ0v) is 13.4. The number of carbonyl (C=O) groups excluding carboxylic acids is 1. The summed E-state index contributed by atoms with van der Waals surface area (Å²) in [6, 6.07) is 7.96. The van der Waals surface area contributed by atoms with E-state index in [2.05, 4.69) is 5.32 Å². The van der Waals surface area contributed by atoms with Gasteiger partial charge in [0.1, 0.15) is 12.3 Å². The summed E-state index contributed by atoms with van der Waals surface area (Å²) in [7, 11) is 0. The molecule has 0 saturated heterocycles. The first-order valence-corrected chi connectivity index (χ1v) is 7.31. The molecule has 0 unspecified atom stereocenters. The van der Waals surface area contributed by atoms with Gasteiger partial charge in [-0.05, 0) is 58.9 Å². The topological polar surface area (TPSA) is 43.3 Å². The van der Waals surface area contributed by atoms with Gasteiger partial charge in [0.2, 0.25) is 5.91 Å². The van der Waals surface area contributed by atoms with Gasteiger partial charge in [-0.2, -0.15) is 0 Å². The van der Waals surface area contributed by atoms with E-state index in [9.17, 15) is 4.79 Å². The van der Waals surface area contributed by atoms with E-state index in [-0.39, 0.29) is 17.6 Å². The molecule has 0 aliphatic heterocycles. The van der Waals surface area contributed by atoms with Crippen molar-refractivity contribution in [3.63, 3.8) is 0 Å². The Hall–Kier alpha value is -1.97. The third kappa shape index (κ3) is 4.25. The largest absolute Gasteiger partial charge is 0.491 e. The van der Waals surface area contributed by atoms with Crippen molar-refractivity contribution < 1.29 is 9.53 Å². The molecule has 1 aromatic heterocycles. The predicted molar refractivity (Wildman–Crippen MR) is 85.6 cm³/mol. The molecule has 0 aliphatic carbocycles. The minimum absolute atomic E-state index is 0.0162. The van der Waals surface area contributed by atoms with Crippen LogP contribution < -0.4 is 10.1 Å². The minimum atomic E-state index is -0.210. The van der Waals surface area contributed by atoms with E-state index >= 15 is 0 Å². The normalized spacial score (nSPS) is 11.9. The molecule has 114 valence electrons. The number of amides is 1. The molecule has 0 bridgehead atoms. The maximum absolute atomic E-state index is 12.0. The molecule has 0 fully saturated rings. The van der Waals surface area contributed by atoms with Gasteiger partial charge in [-0.15, -0.1) is 0 Å². The lowest BCUT2D eigenvalue weighted by Crippen LogP contribution is -2.42. The van der Waals surface area contributed by atoms with Crippen molar-refractivity contribution >= 4 is 16.8 Å². The fraction of sp³-hybridized carbons (Fsp3) is 0.471. The molecule has 2 aromatic rings. The number of hydrogen-bond donors (Lipinski definition) is 1. The van der Waals surface area contributed by atoms with Crippen molar-refractivity contribution in [2.75, 3.05) is 0 Å². The van der Waals surface area contributed by atoms with Crippen molar-refractivity contribution in [2.45, 2.75) is 52.8 Å². The second-order valence-corrected chi connectivity index (χ2v) is 6.63. The second kappa shape index (κ2) is 5.80. The first-order chi connectivity index (χ1) is 9.74. The standard InChI is InChI=1S/C17H24N2O2/c1-12(2)21-14-6-7-15-13(10-14)8-9-19(15)11-16(20)18-17(3,4)5/h6-10,12H,11H2,1-5H3,(H,18,20). The highest BCUT2D eigenvalue weighted by atomic mass is 16.5. The number of nitrogens with zero attached hydrogens (tertiary/aromatic N) is 1. The number of hydrogen-bond acceptors (Lipinski definition) is 2. The molecule has 0 radical (unpaired) electrons. The van der Waals surface area contributed by atoms with E-state index in [1.807, 2.05) is 69.6 Å². The van der Waals surface area contributed by atoms with E-state index in [0.29, 0.717) is 6.54 Å². The van der Waals surface area contributed by atoms with Crippen LogP contribution in [0.2, 0.25) is 0 Å². The van der Waals surface area contributed by atoms with Gasteiger partial charge in [-0.3, -0.25) is 4.79 Å². The molecule has 21 heavy (non-hydrogen) atoms. The van der Waals surface area contributed by atoms with E-state index in [1.165, 1.54) is 0 Å². The van der Waals surface area contributed by atoms with Gasteiger partial charge >= 0.3 is 0 Å². The smallest absolute Gasteiger partial charge is 0.240 e. The Morgan fingerprint density at radius 2 is 2.00 bits per heavy atom. The minimum Gasteiger partial charge on any atom is -0.491 e. The lowest BCUT2D eigenvalue weighted by molar-refractivity contribution is -0.123. The lowest BCUT2D eigenvalue weighted by Gasteiger charge is -2.20. The third-order valence-corrected chi connectivity index (χ3v) is 2.94. The second-order valence-electron chi connectivity index (χ2n) is 6.63. The Morgan fingerprint density at radius 3 is 2.62 bits per heavy atom. The van der Waals surface area contributed by atoms with Crippen LogP contribution in [-0.4, -0.2) is 22.1 Å². The molecule has 2 rings (SSSR count). The van der Waals surface area contributed by atoms with Gasteiger partial charge in [0.15, 0.2) is 0 Å². The van der Waals surface area contributed by atoms with Gasteiger partial charge in [-0.1, -0.05) is 0 Å². The number of fused-ring (bicyclic) bond motifs is 1. The van der Waals surface area contributed by atoms with E-state index in [0.717, 1.165) is 16.7 Å². The van der Waals surface area contributed by atoms with Crippen molar-refractivity contribution in [1.29, 1.82) is 0 Å². The predicted octanol–water partition coefficient (Wildman–Crippen LogP) is 3.34. The van der Waals surface area contributed by atoms with E-state index in [1.54, 1.807) is 0 Å². The molecular weight excluding hydrogens is 264 g/mol. The number of carbonyl (C=O) groups is 1. The molecule has 1 amide bonds. The van der Waals surface area contributed by atoms with Gasteiger partial charge in [0.25, 0.3) is 0 Å². The first-order valence-electron chi connectivity index (χ1n) is 7.31. The van der Waals surface area contributed by atoms with Crippen LogP contribution in [0, 0.1) is 0 Å². The molecule has 0 spiro atoms. The maximum atomic E-state index is 12.0. The van der Waals surface area contributed by atoms with Crippen molar-refractivity contribution in [3.05, 3.63) is 30.5 Å². The number of benzene rings is 1. The summed E-state index contributed by atoms with van der Waals surface area (Å²) in [5, 5.41) is 4.06. The summed E-state index contributed by atoms with van der Waals surface area (Å²) < 4.78 is 7.64. The number of aromatic nitrogens is 1. The lowest BCUT2D eigenvalue weighted by atomic mass is 10.1. The van der Waals surface area contributed by atoms with Crippen LogP contribution in [0.15, 0.2) is 30.5 Å². The third-order valence-electron chi connectivity index (χ3n) is 2.94. The number of rotatable bonds is 4. The highest BCUT2D eigenvalue weighted by Gasteiger charge is 2.14. The van der Waals surface area contributed by atoms with Crippen LogP contribution in [0.5, 0.6) is 5.75 Å². The molecule has 1 N–H and O–H groups in total. The maximum Gasteiger partial charge on any atom is 0.240 e. The average molecular weight is 288 g/mol. The van der Waals surface area contributed by atoms with Crippen LogP contribution in [0.3, 0.4) is 0 Å². The Kier molecular flexibility index (Phi) is 4.26. The van der Waals surface area contributed by atoms with E-state index in [4.69, 9.17) is 4.74 Å². The van der Waals surface area contributed by atoms with Crippen LogP contribution in [-0.2, 0) is 11.3 Å². The quantitative estimate of drug-likeness (QED) is 0.937.